The van der Waals surface area contributed by atoms with Crippen molar-refractivity contribution in [3.05, 3.63) is 48.2 Å². The minimum absolute atomic E-state index is 0.573. The second-order valence-corrected chi connectivity index (χ2v) is 4.78. The minimum Gasteiger partial charge on any atom is -0.339 e. The topological polar surface area (TPSA) is 72.3 Å². The van der Waals surface area contributed by atoms with Crippen LogP contribution in [0.15, 0.2) is 36.7 Å². The Hall–Kier alpha value is -2.76. The summed E-state index contributed by atoms with van der Waals surface area (Å²) in [4.78, 5) is 12.4. The first-order chi connectivity index (χ1) is 9.79. The molecule has 3 aromatic heterocycles. The van der Waals surface area contributed by atoms with Crippen molar-refractivity contribution in [2.24, 2.45) is 0 Å². The van der Waals surface area contributed by atoms with Crippen molar-refractivity contribution in [1.82, 2.24) is 29.9 Å². The van der Waals surface area contributed by atoms with E-state index in [-0.39, 0.29) is 0 Å². The molecule has 0 spiro atoms. The highest BCUT2D eigenvalue weighted by Crippen LogP contribution is 2.21. The summed E-state index contributed by atoms with van der Waals surface area (Å²) in [5.41, 5.74) is 3.74. The van der Waals surface area contributed by atoms with Gasteiger partial charge in [0, 0.05) is 11.6 Å². The van der Waals surface area contributed by atoms with Gasteiger partial charge in [-0.25, -0.2) is 9.67 Å². The molecule has 0 aliphatic heterocycles. The lowest BCUT2D eigenvalue weighted by atomic mass is 10.2. The van der Waals surface area contributed by atoms with E-state index in [2.05, 4.69) is 25.3 Å². The van der Waals surface area contributed by atoms with Gasteiger partial charge in [-0.05, 0) is 13.0 Å². The van der Waals surface area contributed by atoms with Crippen LogP contribution in [0.4, 0.5) is 0 Å². The molecule has 6 nitrogen and oxygen atoms in total. The molecule has 98 valence electrons. The van der Waals surface area contributed by atoms with Crippen molar-refractivity contribution >= 4 is 21.9 Å². The zero-order valence-electron chi connectivity index (χ0n) is 10.9. The Morgan fingerprint density at radius 3 is 3.00 bits per heavy atom. The first kappa shape index (κ1) is 11.1. The van der Waals surface area contributed by atoms with Crippen LogP contribution < -0.4 is 0 Å². The van der Waals surface area contributed by atoms with Gasteiger partial charge in [0.2, 0.25) is 0 Å². The Labute approximate surface area is 114 Å². The lowest BCUT2D eigenvalue weighted by molar-refractivity contribution is 0.631. The second-order valence-electron chi connectivity index (χ2n) is 4.78. The zero-order valence-corrected chi connectivity index (χ0v) is 10.9. The van der Waals surface area contributed by atoms with Crippen LogP contribution in [0.2, 0.25) is 0 Å². The third-order valence-corrected chi connectivity index (χ3v) is 3.24. The van der Waals surface area contributed by atoms with Gasteiger partial charge in [0.15, 0.2) is 0 Å². The number of aryl methyl sites for hydroxylation is 1. The predicted octanol–water partition coefficient (Wildman–Crippen LogP) is 2.06. The number of benzene rings is 1. The van der Waals surface area contributed by atoms with E-state index in [1.807, 2.05) is 43.6 Å². The summed E-state index contributed by atoms with van der Waals surface area (Å²) in [5, 5.41) is 9.07. The number of rotatable bonds is 2. The van der Waals surface area contributed by atoms with Crippen LogP contribution in [0.5, 0.6) is 0 Å². The Bertz CT molecular complexity index is 904. The van der Waals surface area contributed by atoms with Gasteiger partial charge in [0.05, 0.1) is 28.4 Å². The number of H-pyrrole nitrogens is 1. The Kier molecular flexibility index (Phi) is 2.29. The van der Waals surface area contributed by atoms with E-state index in [1.165, 1.54) is 0 Å². The van der Waals surface area contributed by atoms with Crippen molar-refractivity contribution in [3.8, 4) is 0 Å². The maximum atomic E-state index is 4.66. The maximum Gasteiger partial charge on any atom is 0.129 e. The van der Waals surface area contributed by atoms with Gasteiger partial charge >= 0.3 is 0 Å². The Morgan fingerprint density at radius 1 is 1.25 bits per heavy atom. The molecule has 6 heteroatoms. The standard InChI is InChI=1S/C14H12N6/c1-9-7-20(19-18-9)8-13-16-12-6-15-11-5-3-2-4-10(11)14(12)17-13/h2-7H,8H2,1H3,(H,16,17). The fourth-order valence-corrected chi connectivity index (χ4v) is 2.36. The number of aromatic nitrogens is 6. The molecule has 0 saturated carbocycles. The average molecular weight is 264 g/mol. The van der Waals surface area contributed by atoms with Crippen molar-refractivity contribution in [3.63, 3.8) is 0 Å². The fraction of sp³-hybridized carbons (Fsp3) is 0.143. The van der Waals surface area contributed by atoms with E-state index in [1.54, 1.807) is 4.68 Å². The molecule has 20 heavy (non-hydrogen) atoms. The normalized spacial score (nSPS) is 11.4. The molecule has 0 fully saturated rings. The number of para-hydroxylation sites is 1. The number of nitrogens with zero attached hydrogens (tertiary/aromatic N) is 5. The van der Waals surface area contributed by atoms with Crippen molar-refractivity contribution in [2.45, 2.75) is 13.5 Å². The molecular weight excluding hydrogens is 252 g/mol. The van der Waals surface area contributed by atoms with E-state index < -0.39 is 0 Å². The lowest BCUT2D eigenvalue weighted by Gasteiger charge is -1.95. The van der Waals surface area contributed by atoms with Crippen LogP contribution in [-0.4, -0.2) is 29.9 Å². The summed E-state index contributed by atoms with van der Waals surface area (Å²) in [6, 6.07) is 8.00. The molecule has 0 unspecified atom stereocenters. The number of imidazole rings is 1. The number of hydrogen-bond donors (Lipinski definition) is 1. The molecule has 0 atom stereocenters. The molecule has 0 radical (unpaired) electrons. The first-order valence-electron chi connectivity index (χ1n) is 6.39. The SMILES string of the molecule is Cc1cn(Cc2nc3c(cnc4ccccc43)[nH]2)nn1. The third kappa shape index (κ3) is 1.73. The minimum atomic E-state index is 0.573. The number of fused-ring (bicyclic) bond motifs is 3. The van der Waals surface area contributed by atoms with Crippen LogP contribution in [0.1, 0.15) is 11.5 Å². The summed E-state index contributed by atoms with van der Waals surface area (Å²) in [6.45, 7) is 2.49. The highest BCUT2D eigenvalue weighted by molar-refractivity contribution is 6.01. The zero-order chi connectivity index (χ0) is 13.5. The molecule has 4 aromatic rings. The van der Waals surface area contributed by atoms with E-state index in [4.69, 9.17) is 0 Å². The average Bonchev–Trinajstić information content (AvgIpc) is 3.05. The van der Waals surface area contributed by atoms with Gasteiger partial charge in [-0.3, -0.25) is 4.98 Å². The van der Waals surface area contributed by atoms with Gasteiger partial charge in [0.25, 0.3) is 0 Å². The largest absolute Gasteiger partial charge is 0.339 e. The summed E-state index contributed by atoms with van der Waals surface area (Å²) >= 11 is 0. The Morgan fingerprint density at radius 2 is 2.15 bits per heavy atom. The molecule has 0 amide bonds. The van der Waals surface area contributed by atoms with Crippen LogP contribution in [0.3, 0.4) is 0 Å². The van der Waals surface area contributed by atoms with Gasteiger partial charge < -0.3 is 4.98 Å². The quantitative estimate of drug-likeness (QED) is 0.601. The first-order valence-corrected chi connectivity index (χ1v) is 6.39. The highest BCUT2D eigenvalue weighted by Gasteiger charge is 2.08. The molecule has 1 aromatic carbocycles. The summed E-state index contributed by atoms with van der Waals surface area (Å²) in [6.07, 6.45) is 3.71. The van der Waals surface area contributed by atoms with E-state index in [0.29, 0.717) is 6.54 Å². The molecule has 0 saturated heterocycles. The van der Waals surface area contributed by atoms with Gasteiger partial charge in [-0.15, -0.1) is 5.10 Å². The summed E-state index contributed by atoms with van der Waals surface area (Å²) in [7, 11) is 0. The predicted molar refractivity (Wildman–Crippen MR) is 75.3 cm³/mol. The summed E-state index contributed by atoms with van der Waals surface area (Å²) in [5.74, 6) is 0.850. The number of aromatic amines is 1. The van der Waals surface area contributed by atoms with Crippen molar-refractivity contribution < 1.29 is 0 Å². The third-order valence-electron chi connectivity index (χ3n) is 3.24. The molecule has 1 N–H and O–H groups in total. The van der Waals surface area contributed by atoms with Crippen molar-refractivity contribution in [2.75, 3.05) is 0 Å². The second kappa shape index (κ2) is 4.12. The molecule has 0 aliphatic carbocycles. The summed E-state index contributed by atoms with van der Waals surface area (Å²) < 4.78 is 1.77. The monoisotopic (exact) mass is 264 g/mol. The highest BCUT2D eigenvalue weighted by atomic mass is 15.4. The molecule has 0 aliphatic rings. The maximum absolute atomic E-state index is 4.66. The van der Waals surface area contributed by atoms with Crippen LogP contribution in [-0.2, 0) is 6.54 Å². The molecule has 4 rings (SSSR count). The fourth-order valence-electron chi connectivity index (χ4n) is 2.36. The molecular formula is C14H12N6. The van der Waals surface area contributed by atoms with Crippen molar-refractivity contribution in [1.29, 1.82) is 0 Å². The van der Waals surface area contributed by atoms with E-state index in [0.717, 1.165) is 33.5 Å². The Balaban J connectivity index is 1.84. The number of pyridine rings is 1. The van der Waals surface area contributed by atoms with Gasteiger partial charge in [-0.1, -0.05) is 23.4 Å². The van der Waals surface area contributed by atoms with Crippen LogP contribution in [0.25, 0.3) is 21.9 Å². The van der Waals surface area contributed by atoms with E-state index in [9.17, 15) is 0 Å². The smallest absolute Gasteiger partial charge is 0.129 e. The molecule has 0 bridgehead atoms. The number of hydrogen-bond acceptors (Lipinski definition) is 4. The van der Waals surface area contributed by atoms with Gasteiger partial charge in [-0.2, -0.15) is 0 Å². The molecule has 3 heterocycles. The van der Waals surface area contributed by atoms with Crippen LogP contribution in [0, 0.1) is 6.92 Å². The van der Waals surface area contributed by atoms with E-state index >= 15 is 0 Å². The van der Waals surface area contributed by atoms with Crippen LogP contribution >= 0.6 is 0 Å². The van der Waals surface area contributed by atoms with Gasteiger partial charge in [0.1, 0.15) is 12.4 Å². The lowest BCUT2D eigenvalue weighted by Crippen LogP contribution is -2.01. The number of nitrogens with one attached hydrogen (secondary N) is 1.